The lowest BCUT2D eigenvalue weighted by Crippen LogP contribution is -2.42. The maximum atomic E-state index is 12.2. The molecule has 2 aromatic carbocycles. The van der Waals surface area contributed by atoms with Gasteiger partial charge in [0.2, 0.25) is 0 Å². The fourth-order valence-electron chi connectivity index (χ4n) is 2.07. The predicted molar refractivity (Wildman–Crippen MR) is 101 cm³/mol. The van der Waals surface area contributed by atoms with Crippen molar-refractivity contribution in [1.29, 1.82) is 0 Å². The molecular weight excluding hydrogens is 390 g/mol. The lowest BCUT2D eigenvalue weighted by atomic mass is 10.2. The van der Waals surface area contributed by atoms with Gasteiger partial charge in [-0.05, 0) is 35.9 Å². The van der Waals surface area contributed by atoms with Crippen LogP contribution in [0.15, 0.2) is 53.7 Å². The number of carbonyl (C=O) groups excluding carboxylic acids is 2. The number of hydrogen-bond acceptors (Lipinski definition) is 7. The van der Waals surface area contributed by atoms with Crippen molar-refractivity contribution in [3.05, 3.63) is 74.8 Å². The Kier molecular flexibility index (Phi) is 7.46. The molecule has 0 aliphatic carbocycles. The molecule has 28 heavy (non-hydrogen) atoms. The molecule has 0 fully saturated rings. The van der Waals surface area contributed by atoms with E-state index in [1.807, 2.05) is 0 Å². The Labute approximate surface area is 165 Å². The van der Waals surface area contributed by atoms with Crippen LogP contribution in [0.25, 0.3) is 0 Å². The van der Waals surface area contributed by atoms with E-state index in [4.69, 9.17) is 16.4 Å². The number of benzene rings is 2. The SMILES string of the molecule is COC(=O)[C@H](/C=N\OCc1ccc([N+](=O)[O-])cc1)NC(=O)c1cccc(Cl)c1. The Bertz CT molecular complexity index is 885. The highest BCUT2D eigenvalue weighted by Gasteiger charge is 2.20. The van der Waals surface area contributed by atoms with E-state index < -0.39 is 22.8 Å². The Morgan fingerprint density at radius 2 is 2.00 bits per heavy atom. The van der Waals surface area contributed by atoms with Crippen molar-refractivity contribution in [2.75, 3.05) is 7.11 Å². The summed E-state index contributed by atoms with van der Waals surface area (Å²) < 4.78 is 4.63. The molecule has 0 saturated carbocycles. The summed E-state index contributed by atoms with van der Waals surface area (Å²) >= 11 is 5.85. The molecule has 0 unspecified atom stereocenters. The molecule has 10 heteroatoms. The van der Waals surface area contributed by atoms with Crippen LogP contribution in [0, 0.1) is 10.1 Å². The van der Waals surface area contributed by atoms with Crippen molar-refractivity contribution in [2.45, 2.75) is 12.6 Å². The molecule has 0 aromatic heterocycles. The minimum absolute atomic E-state index is 0.0185. The van der Waals surface area contributed by atoms with E-state index in [1.54, 1.807) is 12.1 Å². The molecule has 0 aliphatic rings. The Morgan fingerprint density at radius 1 is 1.29 bits per heavy atom. The lowest BCUT2D eigenvalue weighted by molar-refractivity contribution is -0.384. The number of nitrogens with zero attached hydrogens (tertiary/aromatic N) is 2. The van der Waals surface area contributed by atoms with Gasteiger partial charge in [0.05, 0.1) is 18.2 Å². The third-order valence-corrected chi connectivity index (χ3v) is 3.73. The molecule has 0 spiro atoms. The number of carbonyl (C=O) groups is 2. The summed E-state index contributed by atoms with van der Waals surface area (Å²) in [6.45, 7) is 0.0185. The minimum atomic E-state index is -1.17. The average Bonchev–Trinajstić information content (AvgIpc) is 2.69. The number of amides is 1. The van der Waals surface area contributed by atoms with Crippen LogP contribution < -0.4 is 5.32 Å². The number of oxime groups is 1. The Balaban J connectivity index is 1.96. The molecule has 146 valence electrons. The summed E-state index contributed by atoms with van der Waals surface area (Å²) in [6, 6.07) is 10.8. The highest BCUT2D eigenvalue weighted by atomic mass is 35.5. The van der Waals surface area contributed by atoms with Crippen LogP contribution in [-0.4, -0.2) is 36.2 Å². The molecule has 1 N–H and O–H groups in total. The van der Waals surface area contributed by atoms with Gasteiger partial charge in [-0.1, -0.05) is 22.8 Å². The van der Waals surface area contributed by atoms with Gasteiger partial charge in [-0.2, -0.15) is 0 Å². The van der Waals surface area contributed by atoms with E-state index in [-0.39, 0.29) is 17.9 Å². The first-order valence-corrected chi connectivity index (χ1v) is 8.31. The summed E-state index contributed by atoms with van der Waals surface area (Å²) in [5.41, 5.74) is 0.865. The number of nitro groups is 1. The summed E-state index contributed by atoms with van der Waals surface area (Å²) in [5, 5.41) is 17.1. The fraction of sp³-hybridized carbons (Fsp3) is 0.167. The van der Waals surface area contributed by atoms with E-state index in [9.17, 15) is 19.7 Å². The number of rotatable bonds is 8. The summed E-state index contributed by atoms with van der Waals surface area (Å²) in [4.78, 5) is 39.2. The number of halogens is 1. The molecule has 2 aromatic rings. The molecule has 0 saturated heterocycles. The summed E-state index contributed by atoms with van der Waals surface area (Å²) in [7, 11) is 1.17. The topological polar surface area (TPSA) is 120 Å². The largest absolute Gasteiger partial charge is 0.467 e. The summed E-state index contributed by atoms with van der Waals surface area (Å²) in [5.74, 6) is -1.28. The van der Waals surface area contributed by atoms with Crippen LogP contribution in [-0.2, 0) is 21.0 Å². The Hall–Kier alpha value is -3.46. The van der Waals surface area contributed by atoms with E-state index in [1.165, 1.54) is 43.5 Å². The minimum Gasteiger partial charge on any atom is -0.467 e. The molecule has 0 aliphatic heterocycles. The van der Waals surface area contributed by atoms with Crippen molar-refractivity contribution in [2.24, 2.45) is 5.16 Å². The van der Waals surface area contributed by atoms with Gasteiger partial charge in [0.25, 0.3) is 11.6 Å². The van der Waals surface area contributed by atoms with Gasteiger partial charge in [-0.25, -0.2) is 4.79 Å². The number of esters is 1. The number of nitrogens with one attached hydrogen (secondary N) is 1. The van der Waals surface area contributed by atoms with Crippen molar-refractivity contribution in [1.82, 2.24) is 5.32 Å². The molecule has 1 atom stereocenters. The molecule has 9 nitrogen and oxygen atoms in total. The van der Waals surface area contributed by atoms with Gasteiger partial charge in [0.15, 0.2) is 6.04 Å². The van der Waals surface area contributed by atoms with Crippen LogP contribution in [0.2, 0.25) is 5.02 Å². The highest BCUT2D eigenvalue weighted by molar-refractivity contribution is 6.31. The van der Waals surface area contributed by atoms with Gasteiger partial charge in [-0.15, -0.1) is 0 Å². The van der Waals surface area contributed by atoms with E-state index >= 15 is 0 Å². The number of ether oxygens (including phenoxy) is 1. The van der Waals surface area contributed by atoms with Crippen LogP contribution in [0.3, 0.4) is 0 Å². The lowest BCUT2D eigenvalue weighted by Gasteiger charge is -2.12. The summed E-state index contributed by atoms with van der Waals surface area (Å²) in [6.07, 6.45) is 1.08. The van der Waals surface area contributed by atoms with Crippen molar-refractivity contribution < 1.29 is 24.1 Å². The third-order valence-electron chi connectivity index (χ3n) is 3.49. The standard InChI is InChI=1S/C18H16ClN3O6/c1-27-18(24)16(21-17(23)13-3-2-4-14(19)9-13)10-20-28-11-12-5-7-15(8-6-12)22(25)26/h2-10,16H,11H2,1H3,(H,21,23)/b20-10-/t16-/m0/s1. The van der Waals surface area contributed by atoms with Crippen LogP contribution in [0.5, 0.6) is 0 Å². The van der Waals surface area contributed by atoms with Gasteiger partial charge >= 0.3 is 5.97 Å². The first-order valence-electron chi connectivity index (χ1n) is 7.93. The molecular formula is C18H16ClN3O6. The quantitative estimate of drug-likeness (QED) is 0.312. The maximum Gasteiger partial charge on any atom is 0.334 e. The van der Waals surface area contributed by atoms with E-state index in [2.05, 4.69) is 15.2 Å². The molecule has 0 heterocycles. The van der Waals surface area contributed by atoms with Crippen molar-refractivity contribution in [3.63, 3.8) is 0 Å². The van der Waals surface area contributed by atoms with Gasteiger partial charge in [-0.3, -0.25) is 14.9 Å². The van der Waals surface area contributed by atoms with E-state index in [0.717, 1.165) is 6.21 Å². The monoisotopic (exact) mass is 405 g/mol. The third kappa shape index (κ3) is 6.06. The normalized spacial score (nSPS) is 11.6. The van der Waals surface area contributed by atoms with Gasteiger partial charge < -0.3 is 14.9 Å². The zero-order valence-electron chi connectivity index (χ0n) is 14.7. The smallest absolute Gasteiger partial charge is 0.334 e. The predicted octanol–water partition coefficient (Wildman–Crippen LogP) is 2.72. The zero-order valence-corrected chi connectivity index (χ0v) is 15.5. The molecule has 0 radical (unpaired) electrons. The van der Waals surface area contributed by atoms with Crippen molar-refractivity contribution >= 4 is 35.4 Å². The molecule has 1 amide bonds. The fourth-order valence-corrected chi connectivity index (χ4v) is 2.26. The van der Waals surface area contributed by atoms with Gasteiger partial charge in [0, 0.05) is 22.7 Å². The maximum absolute atomic E-state index is 12.2. The van der Waals surface area contributed by atoms with E-state index in [0.29, 0.717) is 10.6 Å². The Morgan fingerprint density at radius 3 is 2.61 bits per heavy atom. The number of non-ortho nitro benzene ring substituents is 1. The second-order valence-electron chi connectivity index (χ2n) is 5.44. The molecule has 2 rings (SSSR count). The average molecular weight is 406 g/mol. The second kappa shape index (κ2) is 10.0. The first-order chi connectivity index (χ1) is 13.4. The second-order valence-corrected chi connectivity index (χ2v) is 5.87. The van der Waals surface area contributed by atoms with Gasteiger partial charge in [0.1, 0.15) is 6.61 Å². The van der Waals surface area contributed by atoms with Crippen molar-refractivity contribution in [3.8, 4) is 0 Å². The zero-order chi connectivity index (χ0) is 20.5. The van der Waals surface area contributed by atoms with Crippen LogP contribution in [0.1, 0.15) is 15.9 Å². The van der Waals surface area contributed by atoms with Crippen LogP contribution in [0.4, 0.5) is 5.69 Å². The first kappa shape index (κ1) is 20.8. The number of hydrogen-bond donors (Lipinski definition) is 1. The highest BCUT2D eigenvalue weighted by Crippen LogP contribution is 2.13. The number of methoxy groups -OCH3 is 1. The molecule has 0 bridgehead atoms. The van der Waals surface area contributed by atoms with Crippen LogP contribution >= 0.6 is 11.6 Å². The number of nitro benzene ring substituents is 1.